The lowest BCUT2D eigenvalue weighted by molar-refractivity contribution is 0.370. The fourth-order valence-electron chi connectivity index (χ4n) is 2.75. The first-order chi connectivity index (χ1) is 14.0. The van der Waals surface area contributed by atoms with Gasteiger partial charge >= 0.3 is 0 Å². The summed E-state index contributed by atoms with van der Waals surface area (Å²) in [5.41, 5.74) is 1.35. The van der Waals surface area contributed by atoms with Crippen LogP contribution in [0.15, 0.2) is 29.7 Å². The molecule has 0 fully saturated rings. The van der Waals surface area contributed by atoms with Gasteiger partial charge in [0, 0.05) is 30.3 Å². The lowest BCUT2D eigenvalue weighted by Gasteiger charge is -2.16. The van der Waals surface area contributed by atoms with Crippen LogP contribution < -0.4 is 28.4 Å². The van der Waals surface area contributed by atoms with E-state index in [1.54, 1.807) is 78.4 Å². The Morgan fingerprint density at radius 2 is 1.10 bits per heavy atom. The van der Waals surface area contributed by atoms with Crippen LogP contribution in [0.2, 0.25) is 0 Å². The van der Waals surface area contributed by atoms with Gasteiger partial charge in [-0.3, -0.25) is 0 Å². The van der Waals surface area contributed by atoms with Crippen molar-refractivity contribution < 1.29 is 33.0 Å². The topological polar surface area (TPSA) is 78.4 Å². The molecule has 2 aromatic rings. The minimum atomic E-state index is -1.36. The van der Waals surface area contributed by atoms with Gasteiger partial charge in [-0.05, 0) is 11.2 Å². The highest BCUT2D eigenvalue weighted by Crippen LogP contribution is 2.37. The second-order valence-corrected chi connectivity index (χ2v) is 7.11. The molecule has 0 aliphatic rings. The average molecular weight is 422 g/mol. The third-order valence-corrected chi connectivity index (χ3v) is 5.26. The Labute approximate surface area is 174 Å². The Morgan fingerprint density at radius 1 is 0.690 bits per heavy atom. The first-order valence-corrected chi connectivity index (χ1v) is 10.0. The van der Waals surface area contributed by atoms with E-state index < -0.39 is 11.2 Å². The minimum Gasteiger partial charge on any atom is -0.612 e. The fraction of sp³-hybridized carbons (Fsp3) is 0.333. The minimum absolute atomic E-state index is 0.202. The first kappa shape index (κ1) is 22.6. The van der Waals surface area contributed by atoms with Crippen LogP contribution in [0.5, 0.6) is 34.5 Å². The van der Waals surface area contributed by atoms with E-state index in [1.807, 2.05) is 0 Å². The first-order valence-electron chi connectivity index (χ1n) is 8.65. The van der Waals surface area contributed by atoms with Crippen molar-refractivity contribution in [3.8, 4) is 34.5 Å². The van der Waals surface area contributed by atoms with Crippen LogP contribution in [0, 0.1) is 0 Å². The summed E-state index contributed by atoms with van der Waals surface area (Å²) in [7, 11) is 9.32. The van der Waals surface area contributed by atoms with Gasteiger partial charge in [-0.15, -0.1) is 0 Å². The van der Waals surface area contributed by atoms with E-state index in [1.165, 1.54) is 0 Å². The van der Waals surface area contributed by atoms with Crippen LogP contribution >= 0.6 is 0 Å². The summed E-state index contributed by atoms with van der Waals surface area (Å²) in [6.07, 6.45) is 1.70. The van der Waals surface area contributed by atoms with Crippen LogP contribution in [0.4, 0.5) is 0 Å². The van der Waals surface area contributed by atoms with E-state index >= 15 is 0 Å². The molecule has 0 aliphatic heterocycles. The van der Waals surface area contributed by atoms with Gasteiger partial charge in [0.1, 0.15) is 45.7 Å². The summed E-state index contributed by atoms with van der Waals surface area (Å²) in [5, 5.41) is 1.58. The molecule has 7 nitrogen and oxygen atoms in total. The van der Waals surface area contributed by atoms with Crippen LogP contribution in [0.25, 0.3) is 6.08 Å². The van der Waals surface area contributed by atoms with Gasteiger partial charge in [-0.25, -0.2) is 0 Å². The summed E-state index contributed by atoms with van der Waals surface area (Å²) < 4.78 is 44.9. The quantitative estimate of drug-likeness (QED) is 0.541. The standard InChI is InChI=1S/C21H26O7S/c1-23-14-9-18(25-3)16(19(10-14)26-4)7-8-29(22)13-17-20(27-5)11-15(24-2)12-21(17)28-6/h7-12H,13H2,1-6H3/b8-7+. The Morgan fingerprint density at radius 3 is 1.48 bits per heavy atom. The molecule has 0 aliphatic carbocycles. The van der Waals surface area contributed by atoms with Gasteiger partial charge in [0.05, 0.1) is 53.8 Å². The zero-order valence-electron chi connectivity index (χ0n) is 17.4. The van der Waals surface area contributed by atoms with Crippen molar-refractivity contribution in [1.29, 1.82) is 0 Å². The van der Waals surface area contributed by atoms with Crippen molar-refractivity contribution in [2.24, 2.45) is 0 Å². The predicted octanol–water partition coefficient (Wildman–Crippen LogP) is 3.66. The predicted molar refractivity (Wildman–Crippen MR) is 113 cm³/mol. The lowest BCUT2D eigenvalue weighted by Crippen LogP contribution is -2.05. The smallest absolute Gasteiger partial charge is 0.142 e. The van der Waals surface area contributed by atoms with E-state index in [9.17, 15) is 4.55 Å². The molecule has 0 saturated carbocycles. The van der Waals surface area contributed by atoms with E-state index in [2.05, 4.69) is 0 Å². The molecule has 0 saturated heterocycles. The zero-order valence-corrected chi connectivity index (χ0v) is 18.3. The maximum atomic E-state index is 12.8. The molecule has 29 heavy (non-hydrogen) atoms. The third kappa shape index (κ3) is 5.42. The Balaban J connectivity index is 2.32. The third-order valence-electron chi connectivity index (χ3n) is 4.24. The molecular weight excluding hydrogens is 396 g/mol. The molecule has 0 N–H and O–H groups in total. The molecular formula is C21H26O7S. The molecule has 0 amide bonds. The molecule has 0 spiro atoms. The molecule has 0 radical (unpaired) electrons. The number of ether oxygens (including phenoxy) is 6. The summed E-state index contributed by atoms with van der Waals surface area (Å²) in [4.78, 5) is 0. The van der Waals surface area contributed by atoms with Gasteiger partial charge in [0.15, 0.2) is 0 Å². The largest absolute Gasteiger partial charge is 0.612 e. The van der Waals surface area contributed by atoms with E-state index in [0.717, 1.165) is 0 Å². The molecule has 2 rings (SSSR count). The molecule has 1 atom stereocenters. The summed E-state index contributed by atoms with van der Waals surface area (Å²) in [6.45, 7) is 0. The summed E-state index contributed by atoms with van der Waals surface area (Å²) in [5.74, 6) is 3.59. The van der Waals surface area contributed by atoms with E-state index in [0.29, 0.717) is 45.6 Å². The molecule has 0 aromatic heterocycles. The lowest BCUT2D eigenvalue weighted by atomic mass is 10.1. The molecule has 0 bridgehead atoms. The maximum absolute atomic E-state index is 12.8. The number of benzene rings is 2. The summed E-state index contributed by atoms with van der Waals surface area (Å²) >= 11 is -1.36. The van der Waals surface area contributed by atoms with E-state index in [4.69, 9.17) is 28.4 Å². The van der Waals surface area contributed by atoms with Crippen molar-refractivity contribution in [3.05, 3.63) is 40.8 Å². The van der Waals surface area contributed by atoms with Crippen LogP contribution in [0.1, 0.15) is 11.1 Å². The van der Waals surface area contributed by atoms with Gasteiger partial charge in [0.2, 0.25) is 0 Å². The summed E-state index contributed by atoms with van der Waals surface area (Å²) in [6, 6.07) is 6.93. The highest BCUT2D eigenvalue weighted by Gasteiger charge is 2.19. The second-order valence-electron chi connectivity index (χ2n) is 5.78. The van der Waals surface area contributed by atoms with Crippen molar-refractivity contribution >= 4 is 17.3 Å². The van der Waals surface area contributed by atoms with Gasteiger partial charge in [-0.1, -0.05) is 0 Å². The van der Waals surface area contributed by atoms with Crippen molar-refractivity contribution in [2.45, 2.75) is 5.75 Å². The van der Waals surface area contributed by atoms with Crippen LogP contribution in [0.3, 0.4) is 0 Å². The maximum Gasteiger partial charge on any atom is 0.142 e. The highest BCUT2D eigenvalue weighted by molar-refractivity contribution is 7.93. The van der Waals surface area contributed by atoms with Crippen molar-refractivity contribution in [1.82, 2.24) is 0 Å². The van der Waals surface area contributed by atoms with Gasteiger partial charge in [0.25, 0.3) is 0 Å². The normalized spacial score (nSPS) is 11.8. The number of rotatable bonds is 10. The van der Waals surface area contributed by atoms with Crippen LogP contribution in [-0.2, 0) is 16.9 Å². The molecule has 0 heterocycles. The molecule has 8 heteroatoms. The van der Waals surface area contributed by atoms with Gasteiger partial charge < -0.3 is 33.0 Å². The molecule has 2 aromatic carbocycles. The average Bonchev–Trinajstić information content (AvgIpc) is 2.76. The fourth-order valence-corrected chi connectivity index (χ4v) is 3.70. The molecule has 1 unspecified atom stereocenters. The van der Waals surface area contributed by atoms with Crippen molar-refractivity contribution in [2.75, 3.05) is 42.7 Å². The number of hydrogen-bond donors (Lipinski definition) is 0. The van der Waals surface area contributed by atoms with E-state index in [-0.39, 0.29) is 5.75 Å². The number of hydrogen-bond acceptors (Lipinski definition) is 7. The van der Waals surface area contributed by atoms with Gasteiger partial charge in [-0.2, -0.15) is 0 Å². The second kappa shape index (κ2) is 10.7. The Bertz CT molecular complexity index is 801. The van der Waals surface area contributed by atoms with Crippen LogP contribution in [-0.4, -0.2) is 47.2 Å². The monoisotopic (exact) mass is 422 g/mol. The van der Waals surface area contributed by atoms with Crippen molar-refractivity contribution in [3.63, 3.8) is 0 Å². The Kier molecular flexibility index (Phi) is 8.35. The number of methoxy groups -OCH3 is 6. The highest BCUT2D eigenvalue weighted by atomic mass is 32.2. The zero-order chi connectivity index (χ0) is 21.4. The molecule has 158 valence electrons. The Hall–Kier alpha value is -2.71. The SMILES string of the molecule is COc1cc(OC)c(/C=C/[S+]([O-])Cc2c(OC)cc(OC)cc2OC)c(OC)c1.